The molecule has 0 bridgehead atoms. The van der Waals surface area contributed by atoms with Crippen LogP contribution in [0.1, 0.15) is 49.9 Å². The average molecular weight is 618 g/mol. The van der Waals surface area contributed by atoms with Crippen molar-refractivity contribution in [1.29, 1.82) is 0 Å². The third kappa shape index (κ3) is 4.09. The molecule has 0 amide bonds. The Labute approximate surface area is 271 Å². The molecular formula is C42H36NPS. The molecule has 1 aliphatic carbocycles. The molecule has 3 heteroatoms. The van der Waals surface area contributed by atoms with Gasteiger partial charge >= 0.3 is 0 Å². The summed E-state index contributed by atoms with van der Waals surface area (Å²) in [5.41, 5.74) is 8.84. The Kier molecular flexibility index (Phi) is 6.37. The van der Waals surface area contributed by atoms with E-state index in [4.69, 9.17) is 11.8 Å². The highest BCUT2D eigenvalue weighted by Gasteiger charge is 2.42. The van der Waals surface area contributed by atoms with Gasteiger partial charge in [0.25, 0.3) is 0 Å². The molecule has 45 heavy (non-hydrogen) atoms. The van der Waals surface area contributed by atoms with Gasteiger partial charge < -0.3 is 4.57 Å². The maximum Gasteiger partial charge on any atom is 0.0541 e. The highest BCUT2D eigenvalue weighted by atomic mass is 32.4. The molecule has 6 aromatic carbocycles. The first-order valence-electron chi connectivity index (χ1n) is 15.7. The molecular weight excluding hydrogens is 582 g/mol. The number of hydrogen-bond acceptors (Lipinski definition) is 1. The molecule has 0 N–H and O–H groups in total. The van der Waals surface area contributed by atoms with Crippen LogP contribution in [0.2, 0.25) is 0 Å². The molecule has 8 rings (SSSR count). The van der Waals surface area contributed by atoms with E-state index in [0.717, 1.165) is 0 Å². The summed E-state index contributed by atoms with van der Waals surface area (Å²) in [6.07, 6.45) is 0. The van der Waals surface area contributed by atoms with Gasteiger partial charge in [0, 0.05) is 33.3 Å². The number of rotatable bonds is 4. The molecule has 0 saturated carbocycles. The fourth-order valence-corrected chi connectivity index (χ4v) is 11.5. The van der Waals surface area contributed by atoms with Crippen molar-refractivity contribution in [3.8, 4) is 5.69 Å². The quantitative estimate of drug-likeness (QED) is 0.178. The van der Waals surface area contributed by atoms with Gasteiger partial charge in [0.2, 0.25) is 0 Å². The first-order valence-corrected chi connectivity index (χ1v) is 18.5. The van der Waals surface area contributed by atoms with E-state index in [9.17, 15) is 0 Å². The van der Waals surface area contributed by atoms with Crippen LogP contribution in [0.3, 0.4) is 0 Å². The number of nitrogens with zero attached hydrogens (tertiary/aromatic N) is 1. The molecule has 1 aromatic heterocycles. The predicted octanol–water partition coefficient (Wildman–Crippen LogP) is 9.50. The lowest BCUT2D eigenvalue weighted by Crippen LogP contribution is -2.38. The Hall–Kier alpha value is -4.23. The van der Waals surface area contributed by atoms with E-state index < -0.39 is 6.04 Å². The van der Waals surface area contributed by atoms with Gasteiger partial charge in [-0.2, -0.15) is 0 Å². The zero-order valence-corrected chi connectivity index (χ0v) is 27.9. The number of hydrogen-bond donors (Lipinski definition) is 0. The summed E-state index contributed by atoms with van der Waals surface area (Å²) >= 11 is 6.76. The normalized spacial score (nSPS) is 15.1. The fraction of sp³-hybridized carbons (Fsp3) is 0.143. The Morgan fingerprint density at radius 3 is 1.42 bits per heavy atom. The highest BCUT2D eigenvalue weighted by Crippen LogP contribution is 2.52. The van der Waals surface area contributed by atoms with E-state index in [0.29, 0.717) is 0 Å². The van der Waals surface area contributed by atoms with Crippen LogP contribution in [0.15, 0.2) is 146 Å². The van der Waals surface area contributed by atoms with Gasteiger partial charge in [-0.05, 0) is 68.5 Å². The van der Waals surface area contributed by atoms with Crippen LogP contribution in [0.4, 0.5) is 0 Å². The van der Waals surface area contributed by atoms with Crippen molar-refractivity contribution >= 4 is 55.6 Å². The van der Waals surface area contributed by atoms with Crippen molar-refractivity contribution in [3.05, 3.63) is 168 Å². The molecule has 0 aliphatic heterocycles. The molecule has 1 heterocycles. The van der Waals surface area contributed by atoms with Crippen LogP contribution < -0.4 is 15.9 Å². The summed E-state index contributed by atoms with van der Waals surface area (Å²) in [6.45, 7) is 9.55. The van der Waals surface area contributed by atoms with Crippen molar-refractivity contribution in [2.75, 3.05) is 0 Å². The van der Waals surface area contributed by atoms with Crippen molar-refractivity contribution < 1.29 is 0 Å². The van der Waals surface area contributed by atoms with E-state index in [1.807, 2.05) is 0 Å². The average Bonchev–Trinajstić information content (AvgIpc) is 3.42. The van der Waals surface area contributed by atoms with Crippen LogP contribution in [0.5, 0.6) is 0 Å². The largest absolute Gasteiger partial charge is 0.309 e. The minimum atomic E-state index is -2.26. The van der Waals surface area contributed by atoms with Crippen LogP contribution in [-0.4, -0.2) is 4.57 Å². The molecule has 0 spiro atoms. The van der Waals surface area contributed by atoms with Gasteiger partial charge in [0.05, 0.1) is 11.0 Å². The van der Waals surface area contributed by atoms with Crippen molar-refractivity contribution in [2.24, 2.45) is 0 Å². The Bertz CT molecular complexity index is 2200. The van der Waals surface area contributed by atoms with Gasteiger partial charge in [0.15, 0.2) is 0 Å². The lowest BCUT2D eigenvalue weighted by atomic mass is 9.60. The molecule has 0 atom stereocenters. The highest BCUT2D eigenvalue weighted by molar-refractivity contribution is 8.25. The van der Waals surface area contributed by atoms with Gasteiger partial charge in [-0.15, -0.1) is 0 Å². The number of aromatic nitrogens is 1. The van der Waals surface area contributed by atoms with Gasteiger partial charge in [-0.3, -0.25) is 0 Å². The summed E-state index contributed by atoms with van der Waals surface area (Å²) in [4.78, 5) is 0. The van der Waals surface area contributed by atoms with E-state index in [-0.39, 0.29) is 10.8 Å². The SMILES string of the molecule is CC1(C)c2ccc(P(=S)(c3ccccc3)c3ccccc3)cc2C(C)(C)c2ccc(-n3c4ccccc4c4ccccc43)cc21. The molecule has 220 valence electrons. The van der Waals surface area contributed by atoms with Crippen molar-refractivity contribution in [1.82, 2.24) is 4.57 Å². The minimum Gasteiger partial charge on any atom is -0.309 e. The van der Waals surface area contributed by atoms with E-state index in [1.54, 1.807) is 0 Å². The number of benzene rings is 6. The lowest BCUT2D eigenvalue weighted by Gasteiger charge is -2.44. The van der Waals surface area contributed by atoms with Crippen LogP contribution in [-0.2, 0) is 22.6 Å². The molecule has 0 unspecified atom stereocenters. The molecule has 0 saturated heterocycles. The number of para-hydroxylation sites is 2. The van der Waals surface area contributed by atoms with Crippen LogP contribution in [0, 0.1) is 0 Å². The second kappa shape index (κ2) is 10.1. The summed E-state index contributed by atoms with van der Waals surface area (Å²) < 4.78 is 2.43. The van der Waals surface area contributed by atoms with E-state index >= 15 is 0 Å². The molecule has 7 aromatic rings. The Balaban J connectivity index is 1.33. The summed E-state index contributed by atoms with van der Waals surface area (Å²) in [5.74, 6) is 0. The second-order valence-corrected chi connectivity index (χ2v) is 17.8. The maximum atomic E-state index is 6.76. The zero-order valence-electron chi connectivity index (χ0n) is 26.2. The van der Waals surface area contributed by atoms with Crippen molar-refractivity contribution in [3.63, 3.8) is 0 Å². The number of fused-ring (bicyclic) bond motifs is 5. The molecule has 1 nitrogen and oxygen atoms in total. The third-order valence-corrected chi connectivity index (χ3v) is 15.1. The topological polar surface area (TPSA) is 4.93 Å². The summed E-state index contributed by atoms with van der Waals surface area (Å²) in [6, 6.07) is 51.1. The first-order chi connectivity index (χ1) is 21.7. The molecule has 1 aliphatic rings. The predicted molar refractivity (Wildman–Crippen MR) is 198 cm³/mol. The van der Waals surface area contributed by atoms with E-state index in [1.165, 1.54) is 65.7 Å². The standard InChI is InChI=1S/C42H36NPS/c1-41(2)36-26-24-32(44(45,30-15-7-5-8-16-30)31-17-9-6-10-18-31)28-38(36)42(3,4)35-25-23-29(27-37(35)41)43-39-21-13-11-19-33(39)34-20-12-14-22-40(34)43/h5-28H,1-4H3. The lowest BCUT2D eigenvalue weighted by molar-refractivity contribution is 0.521. The van der Waals surface area contributed by atoms with Crippen molar-refractivity contribution in [2.45, 2.75) is 38.5 Å². The maximum absolute atomic E-state index is 6.76. The van der Waals surface area contributed by atoms with E-state index in [2.05, 4.69) is 178 Å². The molecule has 0 fully saturated rings. The first kappa shape index (κ1) is 28.3. The summed E-state index contributed by atoms with van der Waals surface area (Å²) in [7, 11) is 0. The smallest absolute Gasteiger partial charge is 0.0541 e. The molecule has 0 radical (unpaired) electrons. The third-order valence-electron chi connectivity index (χ3n) is 10.1. The minimum absolute atomic E-state index is 0.185. The second-order valence-electron chi connectivity index (χ2n) is 13.4. The van der Waals surface area contributed by atoms with Crippen LogP contribution >= 0.6 is 6.04 Å². The van der Waals surface area contributed by atoms with Gasteiger partial charge in [-0.25, -0.2) is 0 Å². The van der Waals surface area contributed by atoms with Crippen LogP contribution in [0.25, 0.3) is 27.5 Å². The summed E-state index contributed by atoms with van der Waals surface area (Å²) in [5, 5.41) is 6.29. The van der Waals surface area contributed by atoms with Gasteiger partial charge in [-0.1, -0.05) is 155 Å². The monoisotopic (exact) mass is 617 g/mol. The Morgan fingerprint density at radius 1 is 0.444 bits per heavy atom. The van der Waals surface area contributed by atoms with Gasteiger partial charge in [0.1, 0.15) is 0 Å². The zero-order chi connectivity index (χ0) is 31.0. The fourth-order valence-electron chi connectivity index (χ4n) is 7.74. The Morgan fingerprint density at radius 2 is 0.889 bits per heavy atom.